The molecule has 0 fully saturated rings. The second-order valence-electron chi connectivity index (χ2n) is 3.82. The Hall–Kier alpha value is -2.06. The maximum Gasteiger partial charge on any atom is 0.246 e. The number of nitrogens with two attached hydrogens (primary N) is 1. The summed E-state index contributed by atoms with van der Waals surface area (Å²) in [4.78, 5) is 11.6. The summed E-state index contributed by atoms with van der Waals surface area (Å²) in [6, 6.07) is 2.77. The molecule has 3 N–H and O–H groups in total. The molecule has 0 spiro atoms. The third-order valence-corrected chi connectivity index (χ3v) is 2.25. The Morgan fingerprint density at radius 2 is 1.95 bits per heavy atom. The number of hydrogen-bond acceptors (Lipinski definition) is 4. The van der Waals surface area contributed by atoms with Crippen LogP contribution in [0.25, 0.3) is 0 Å². The maximum atomic E-state index is 12.9. The Morgan fingerprint density at radius 1 is 1.30 bits per heavy atom. The highest BCUT2D eigenvalue weighted by Gasteiger charge is 2.07. The van der Waals surface area contributed by atoms with Gasteiger partial charge in [-0.2, -0.15) is 0 Å². The summed E-state index contributed by atoms with van der Waals surface area (Å²) >= 11 is 0. The van der Waals surface area contributed by atoms with Crippen LogP contribution in [-0.4, -0.2) is 20.9 Å². The Balaban J connectivity index is 0.00000200. The van der Waals surface area contributed by atoms with Gasteiger partial charge in [-0.25, -0.2) is 13.5 Å². The number of anilines is 1. The summed E-state index contributed by atoms with van der Waals surface area (Å²) in [7, 11) is 0. The minimum absolute atomic E-state index is 0. The topological polar surface area (TPSA) is 85.8 Å². The molecule has 108 valence electrons. The van der Waals surface area contributed by atoms with E-state index >= 15 is 0 Å². The minimum atomic E-state index is -0.763. The molecule has 6 nitrogen and oxygen atoms in total. The Labute approximate surface area is 119 Å². The van der Waals surface area contributed by atoms with E-state index in [0.717, 1.165) is 18.2 Å². The van der Waals surface area contributed by atoms with E-state index in [0.29, 0.717) is 5.69 Å². The molecule has 1 aromatic carbocycles. The lowest BCUT2D eigenvalue weighted by Gasteiger charge is -2.05. The third-order valence-electron chi connectivity index (χ3n) is 2.25. The Kier molecular flexibility index (Phi) is 5.53. The van der Waals surface area contributed by atoms with Crippen LogP contribution in [0.15, 0.2) is 24.4 Å². The van der Waals surface area contributed by atoms with Crippen LogP contribution in [0.5, 0.6) is 0 Å². The number of nitrogens with one attached hydrogen (secondary N) is 1. The molecule has 0 bridgehead atoms. The molecule has 0 saturated carbocycles. The summed E-state index contributed by atoms with van der Waals surface area (Å²) in [5.41, 5.74) is 5.94. The van der Waals surface area contributed by atoms with E-state index in [4.69, 9.17) is 5.73 Å². The molecule has 9 heteroatoms. The van der Waals surface area contributed by atoms with E-state index in [2.05, 4.69) is 15.6 Å². The van der Waals surface area contributed by atoms with Crippen LogP contribution < -0.4 is 11.1 Å². The average molecular weight is 304 g/mol. The highest BCUT2D eigenvalue weighted by atomic mass is 35.5. The Bertz CT molecular complexity index is 584. The van der Waals surface area contributed by atoms with Gasteiger partial charge in [-0.3, -0.25) is 4.79 Å². The standard InChI is InChI=1S/C11H11F2N5O.ClH/c12-7-1-8(13)3-9(2-7)15-11(19)6-18-5-10(4-14)16-17-18;/h1-3,5H,4,6,14H2,(H,15,19);1H. The number of benzene rings is 1. The van der Waals surface area contributed by atoms with Gasteiger partial charge in [-0.15, -0.1) is 17.5 Å². The number of halogens is 3. The molecular weight excluding hydrogens is 292 g/mol. The highest BCUT2D eigenvalue weighted by molar-refractivity contribution is 5.90. The van der Waals surface area contributed by atoms with Crippen LogP contribution >= 0.6 is 12.4 Å². The maximum absolute atomic E-state index is 12.9. The summed E-state index contributed by atoms with van der Waals surface area (Å²) < 4.78 is 27.1. The molecule has 0 radical (unpaired) electrons. The number of carbonyl (C=O) groups is 1. The van der Waals surface area contributed by atoms with Gasteiger partial charge in [-0.1, -0.05) is 5.21 Å². The summed E-state index contributed by atoms with van der Waals surface area (Å²) in [6.45, 7) is 0.0991. The molecular formula is C11H12ClF2N5O. The smallest absolute Gasteiger partial charge is 0.246 e. The molecule has 1 heterocycles. The molecule has 0 unspecified atom stereocenters. The molecule has 20 heavy (non-hydrogen) atoms. The molecule has 2 aromatic rings. The molecule has 0 atom stereocenters. The zero-order valence-electron chi connectivity index (χ0n) is 10.2. The average Bonchev–Trinajstić information content (AvgIpc) is 2.74. The highest BCUT2D eigenvalue weighted by Crippen LogP contribution is 2.12. The lowest BCUT2D eigenvalue weighted by molar-refractivity contribution is -0.116. The molecule has 0 saturated heterocycles. The number of aromatic nitrogens is 3. The fourth-order valence-electron chi connectivity index (χ4n) is 1.48. The SMILES string of the molecule is Cl.NCc1cn(CC(=O)Nc2cc(F)cc(F)c2)nn1. The molecule has 0 aliphatic carbocycles. The predicted molar refractivity (Wildman–Crippen MR) is 70.1 cm³/mol. The van der Waals surface area contributed by atoms with Crippen molar-refractivity contribution in [3.05, 3.63) is 41.7 Å². The lowest BCUT2D eigenvalue weighted by atomic mass is 10.3. The van der Waals surface area contributed by atoms with Crippen molar-refractivity contribution in [2.45, 2.75) is 13.1 Å². The number of nitrogens with zero attached hydrogens (tertiary/aromatic N) is 3. The molecule has 1 amide bonds. The van der Waals surface area contributed by atoms with Gasteiger partial charge in [-0.05, 0) is 12.1 Å². The quantitative estimate of drug-likeness (QED) is 0.885. The van der Waals surface area contributed by atoms with Gasteiger partial charge in [0.1, 0.15) is 18.2 Å². The first-order valence-corrected chi connectivity index (χ1v) is 5.42. The first-order chi connectivity index (χ1) is 9.06. The Morgan fingerprint density at radius 3 is 2.50 bits per heavy atom. The van der Waals surface area contributed by atoms with Crippen molar-refractivity contribution in [1.82, 2.24) is 15.0 Å². The van der Waals surface area contributed by atoms with Gasteiger partial charge < -0.3 is 11.1 Å². The van der Waals surface area contributed by atoms with Crippen molar-refractivity contribution in [3.8, 4) is 0 Å². The largest absolute Gasteiger partial charge is 0.325 e. The molecule has 0 aliphatic rings. The van der Waals surface area contributed by atoms with Crippen LogP contribution in [0.2, 0.25) is 0 Å². The van der Waals surface area contributed by atoms with Crippen LogP contribution in [0.1, 0.15) is 5.69 Å². The predicted octanol–water partition coefficient (Wildman–Crippen LogP) is 1.08. The van der Waals surface area contributed by atoms with Crippen molar-refractivity contribution in [2.75, 3.05) is 5.32 Å². The molecule has 2 rings (SSSR count). The number of carbonyl (C=O) groups excluding carboxylic acids is 1. The summed E-state index contributed by atoms with van der Waals surface area (Å²) in [5.74, 6) is -2.00. The van der Waals surface area contributed by atoms with Crippen molar-refractivity contribution in [3.63, 3.8) is 0 Å². The zero-order chi connectivity index (χ0) is 13.8. The van der Waals surface area contributed by atoms with E-state index in [1.165, 1.54) is 10.9 Å². The minimum Gasteiger partial charge on any atom is -0.325 e. The van der Waals surface area contributed by atoms with Crippen molar-refractivity contribution >= 4 is 24.0 Å². The number of rotatable bonds is 4. The summed E-state index contributed by atoms with van der Waals surface area (Å²) in [5, 5.41) is 9.75. The zero-order valence-corrected chi connectivity index (χ0v) is 11.0. The van der Waals surface area contributed by atoms with E-state index in [9.17, 15) is 13.6 Å². The second-order valence-corrected chi connectivity index (χ2v) is 3.82. The lowest BCUT2D eigenvalue weighted by Crippen LogP contribution is -2.19. The second kappa shape index (κ2) is 6.92. The normalized spacial score (nSPS) is 9.95. The number of amides is 1. The van der Waals surface area contributed by atoms with Gasteiger partial charge in [0.05, 0.1) is 11.9 Å². The van der Waals surface area contributed by atoms with E-state index in [1.807, 2.05) is 0 Å². The van der Waals surface area contributed by atoms with E-state index in [-0.39, 0.29) is 31.2 Å². The van der Waals surface area contributed by atoms with Crippen LogP contribution in [0.4, 0.5) is 14.5 Å². The molecule has 1 aromatic heterocycles. The first kappa shape index (κ1) is 16.0. The van der Waals surface area contributed by atoms with Crippen LogP contribution in [0.3, 0.4) is 0 Å². The fraction of sp³-hybridized carbons (Fsp3) is 0.182. The van der Waals surface area contributed by atoms with E-state index in [1.54, 1.807) is 0 Å². The third kappa shape index (κ3) is 4.25. The number of hydrogen-bond donors (Lipinski definition) is 2. The van der Waals surface area contributed by atoms with Crippen molar-refractivity contribution < 1.29 is 13.6 Å². The van der Waals surface area contributed by atoms with Crippen LogP contribution in [0, 0.1) is 11.6 Å². The van der Waals surface area contributed by atoms with Crippen LogP contribution in [-0.2, 0) is 17.9 Å². The van der Waals surface area contributed by atoms with Gasteiger partial charge in [0.15, 0.2) is 0 Å². The van der Waals surface area contributed by atoms with Gasteiger partial charge in [0, 0.05) is 18.3 Å². The summed E-state index contributed by atoms with van der Waals surface area (Å²) in [6.07, 6.45) is 1.52. The first-order valence-electron chi connectivity index (χ1n) is 5.42. The van der Waals surface area contributed by atoms with Gasteiger partial charge in [0.2, 0.25) is 5.91 Å². The van der Waals surface area contributed by atoms with Crippen molar-refractivity contribution in [1.29, 1.82) is 0 Å². The fourth-order valence-corrected chi connectivity index (χ4v) is 1.48. The van der Waals surface area contributed by atoms with Crippen molar-refractivity contribution in [2.24, 2.45) is 5.73 Å². The monoisotopic (exact) mass is 303 g/mol. The van der Waals surface area contributed by atoms with Gasteiger partial charge >= 0.3 is 0 Å². The van der Waals surface area contributed by atoms with E-state index < -0.39 is 17.5 Å². The van der Waals surface area contributed by atoms with Gasteiger partial charge in [0.25, 0.3) is 0 Å². The molecule has 0 aliphatic heterocycles.